The third-order valence-corrected chi connectivity index (χ3v) is 6.19. The van der Waals surface area contributed by atoms with Crippen molar-refractivity contribution in [1.29, 1.82) is 5.26 Å². The van der Waals surface area contributed by atoms with Crippen LogP contribution in [0.25, 0.3) is 0 Å². The van der Waals surface area contributed by atoms with Crippen LogP contribution in [0.1, 0.15) is 15.9 Å². The van der Waals surface area contributed by atoms with Crippen LogP contribution < -0.4 is 10.6 Å². The van der Waals surface area contributed by atoms with Crippen LogP contribution in [0.2, 0.25) is 5.02 Å². The standard InChI is InChI=1S/C19H17ClFN3O4S/c20-15-8-4-7-14(17(15)21)12-29(27,28)16(19(26)23-10-9-22)11-24-18(25)13-5-2-1-3-6-13/h1-8,16H,10-12H2,(H,23,26)(H,24,25). The molecule has 29 heavy (non-hydrogen) atoms. The Morgan fingerprint density at radius 1 is 1.10 bits per heavy atom. The third kappa shape index (κ3) is 6.01. The van der Waals surface area contributed by atoms with E-state index in [1.54, 1.807) is 24.3 Å². The van der Waals surface area contributed by atoms with E-state index in [2.05, 4.69) is 10.6 Å². The van der Waals surface area contributed by atoms with Gasteiger partial charge in [-0.05, 0) is 18.2 Å². The molecule has 0 aliphatic rings. The van der Waals surface area contributed by atoms with Gasteiger partial charge in [-0.2, -0.15) is 5.26 Å². The summed E-state index contributed by atoms with van der Waals surface area (Å²) >= 11 is 5.68. The van der Waals surface area contributed by atoms with Gasteiger partial charge < -0.3 is 10.6 Å². The Morgan fingerprint density at radius 3 is 2.45 bits per heavy atom. The van der Waals surface area contributed by atoms with Crippen LogP contribution in [0, 0.1) is 17.1 Å². The third-order valence-electron chi connectivity index (χ3n) is 3.94. The Hall–Kier alpha value is -2.96. The van der Waals surface area contributed by atoms with Crippen LogP contribution in [0.15, 0.2) is 48.5 Å². The number of carbonyl (C=O) groups is 2. The molecule has 2 aromatic carbocycles. The summed E-state index contributed by atoms with van der Waals surface area (Å²) in [5, 5.41) is 11.2. The zero-order valence-electron chi connectivity index (χ0n) is 15.1. The molecule has 2 amide bonds. The summed E-state index contributed by atoms with van der Waals surface area (Å²) in [6.45, 7) is -0.960. The highest BCUT2D eigenvalue weighted by atomic mass is 35.5. The summed E-state index contributed by atoms with van der Waals surface area (Å²) in [7, 11) is -4.26. The molecule has 2 aromatic rings. The number of rotatable bonds is 8. The summed E-state index contributed by atoms with van der Waals surface area (Å²) in [5.74, 6) is -3.25. The minimum absolute atomic E-state index is 0.204. The molecule has 0 radical (unpaired) electrons. The Kier molecular flexibility index (Phi) is 7.70. The molecule has 1 unspecified atom stereocenters. The molecule has 152 valence electrons. The van der Waals surface area contributed by atoms with Crippen molar-refractivity contribution in [2.24, 2.45) is 0 Å². The minimum Gasteiger partial charge on any atom is -0.350 e. The number of nitriles is 1. The Labute approximate surface area is 172 Å². The number of sulfone groups is 1. The zero-order chi connectivity index (χ0) is 21.4. The molecule has 0 aliphatic carbocycles. The molecule has 0 fully saturated rings. The van der Waals surface area contributed by atoms with E-state index in [1.165, 1.54) is 30.3 Å². The summed E-state index contributed by atoms with van der Waals surface area (Å²) in [4.78, 5) is 24.5. The van der Waals surface area contributed by atoms with Crippen LogP contribution in [0.4, 0.5) is 4.39 Å². The fraction of sp³-hybridized carbons (Fsp3) is 0.211. The average molecular weight is 438 g/mol. The molecule has 0 spiro atoms. The molecule has 1 atom stereocenters. The maximum atomic E-state index is 14.1. The summed E-state index contributed by atoms with van der Waals surface area (Å²) in [6, 6.07) is 13.6. The summed E-state index contributed by atoms with van der Waals surface area (Å²) < 4.78 is 39.7. The predicted octanol–water partition coefficient (Wildman–Crippen LogP) is 1.83. The zero-order valence-corrected chi connectivity index (χ0v) is 16.6. The molecule has 7 nitrogen and oxygen atoms in total. The van der Waals surface area contributed by atoms with E-state index in [-0.39, 0.29) is 16.1 Å². The van der Waals surface area contributed by atoms with Gasteiger partial charge in [0, 0.05) is 17.7 Å². The van der Waals surface area contributed by atoms with Gasteiger partial charge in [0.05, 0.1) is 16.8 Å². The summed E-state index contributed by atoms with van der Waals surface area (Å²) in [5.41, 5.74) is 0.0759. The van der Waals surface area contributed by atoms with Crippen molar-refractivity contribution in [1.82, 2.24) is 10.6 Å². The molecular formula is C19H17ClFN3O4S. The van der Waals surface area contributed by atoms with Gasteiger partial charge in [-0.25, -0.2) is 12.8 Å². The van der Waals surface area contributed by atoms with Crippen molar-refractivity contribution < 1.29 is 22.4 Å². The Balaban J connectivity index is 2.24. The number of benzene rings is 2. The molecule has 0 heterocycles. The van der Waals surface area contributed by atoms with Gasteiger partial charge in [-0.3, -0.25) is 9.59 Å². The fourth-order valence-electron chi connectivity index (χ4n) is 2.48. The Morgan fingerprint density at radius 2 is 1.79 bits per heavy atom. The van der Waals surface area contributed by atoms with Crippen LogP contribution in [0.3, 0.4) is 0 Å². The van der Waals surface area contributed by atoms with E-state index in [1.807, 2.05) is 0 Å². The van der Waals surface area contributed by atoms with Gasteiger partial charge in [0.1, 0.15) is 12.4 Å². The molecule has 0 aromatic heterocycles. The second kappa shape index (κ2) is 10.0. The molecule has 0 aliphatic heterocycles. The number of halogens is 2. The van der Waals surface area contributed by atoms with Gasteiger partial charge in [-0.1, -0.05) is 41.9 Å². The van der Waals surface area contributed by atoms with Crippen LogP contribution in [0.5, 0.6) is 0 Å². The fourth-order valence-corrected chi connectivity index (χ4v) is 4.28. The van der Waals surface area contributed by atoms with Crippen molar-refractivity contribution in [3.8, 4) is 6.07 Å². The monoisotopic (exact) mass is 437 g/mol. The van der Waals surface area contributed by atoms with Crippen LogP contribution in [-0.4, -0.2) is 38.6 Å². The van der Waals surface area contributed by atoms with Crippen LogP contribution in [-0.2, 0) is 20.4 Å². The Bertz CT molecular complexity index is 1040. The first-order chi connectivity index (χ1) is 13.8. The van der Waals surface area contributed by atoms with Gasteiger partial charge in [-0.15, -0.1) is 0 Å². The highest BCUT2D eigenvalue weighted by Gasteiger charge is 2.34. The molecular weight excluding hydrogens is 421 g/mol. The van der Waals surface area contributed by atoms with Gasteiger partial charge in [0.2, 0.25) is 5.91 Å². The molecule has 2 rings (SSSR count). The lowest BCUT2D eigenvalue weighted by atomic mass is 10.2. The molecule has 10 heteroatoms. The predicted molar refractivity (Wildman–Crippen MR) is 105 cm³/mol. The van der Waals surface area contributed by atoms with Gasteiger partial charge in [0.15, 0.2) is 15.1 Å². The first-order valence-corrected chi connectivity index (χ1v) is 10.5. The van der Waals surface area contributed by atoms with E-state index in [0.717, 1.165) is 0 Å². The number of hydrogen-bond donors (Lipinski definition) is 2. The first-order valence-electron chi connectivity index (χ1n) is 8.38. The number of carbonyl (C=O) groups excluding carboxylic acids is 2. The van der Waals surface area contributed by atoms with Crippen molar-refractivity contribution in [3.05, 3.63) is 70.5 Å². The maximum absolute atomic E-state index is 14.1. The number of amides is 2. The lowest BCUT2D eigenvalue weighted by Crippen LogP contribution is -2.47. The van der Waals surface area contributed by atoms with E-state index in [0.29, 0.717) is 0 Å². The largest absolute Gasteiger partial charge is 0.350 e. The number of nitrogens with one attached hydrogen (secondary N) is 2. The van der Waals surface area contributed by atoms with Crippen molar-refractivity contribution in [3.63, 3.8) is 0 Å². The SMILES string of the molecule is N#CCNC(=O)C(CNC(=O)c1ccccc1)S(=O)(=O)Cc1cccc(Cl)c1F. The molecule has 2 N–H and O–H groups in total. The second-order valence-electron chi connectivity index (χ2n) is 5.96. The smallest absolute Gasteiger partial charge is 0.251 e. The van der Waals surface area contributed by atoms with E-state index >= 15 is 0 Å². The topological polar surface area (TPSA) is 116 Å². The molecule has 0 saturated heterocycles. The lowest BCUT2D eigenvalue weighted by Gasteiger charge is -2.18. The van der Waals surface area contributed by atoms with Crippen molar-refractivity contribution in [2.45, 2.75) is 11.0 Å². The van der Waals surface area contributed by atoms with Crippen molar-refractivity contribution >= 4 is 33.3 Å². The minimum atomic E-state index is -4.26. The van der Waals surface area contributed by atoms with E-state index in [9.17, 15) is 22.4 Å². The number of hydrogen-bond acceptors (Lipinski definition) is 5. The van der Waals surface area contributed by atoms with E-state index in [4.69, 9.17) is 16.9 Å². The van der Waals surface area contributed by atoms with E-state index < -0.39 is 51.6 Å². The summed E-state index contributed by atoms with van der Waals surface area (Å²) in [6.07, 6.45) is 0. The second-order valence-corrected chi connectivity index (χ2v) is 8.55. The maximum Gasteiger partial charge on any atom is 0.251 e. The number of nitrogens with zero attached hydrogens (tertiary/aromatic N) is 1. The van der Waals surface area contributed by atoms with Crippen LogP contribution >= 0.6 is 11.6 Å². The highest BCUT2D eigenvalue weighted by Crippen LogP contribution is 2.21. The van der Waals surface area contributed by atoms with Crippen molar-refractivity contribution in [2.75, 3.05) is 13.1 Å². The molecule has 0 saturated carbocycles. The normalized spacial score (nSPS) is 11.9. The average Bonchev–Trinajstić information content (AvgIpc) is 2.70. The quantitative estimate of drug-likeness (QED) is 0.611. The lowest BCUT2D eigenvalue weighted by molar-refractivity contribution is -0.120. The van der Waals surface area contributed by atoms with Gasteiger partial charge in [0.25, 0.3) is 5.91 Å². The van der Waals surface area contributed by atoms with Gasteiger partial charge >= 0.3 is 0 Å². The molecule has 0 bridgehead atoms. The highest BCUT2D eigenvalue weighted by molar-refractivity contribution is 7.92. The first kappa shape index (κ1) is 22.3.